The standard InChI is InChI=1S/C12H20N4O2S2/c13-12(15-9-10-3-1-4-10)14-6-7-16-20(17,18)11-5-2-8-19-11/h2,5,8,10,16H,1,3-4,6-7,9H2,(H3,13,14,15). The van der Waals surface area contributed by atoms with Gasteiger partial charge in [-0.1, -0.05) is 12.5 Å². The highest BCUT2D eigenvalue weighted by atomic mass is 32.2. The van der Waals surface area contributed by atoms with E-state index in [0.29, 0.717) is 22.6 Å². The molecule has 0 saturated heterocycles. The molecule has 2 rings (SSSR count). The van der Waals surface area contributed by atoms with E-state index < -0.39 is 10.0 Å². The first-order chi connectivity index (χ1) is 9.58. The van der Waals surface area contributed by atoms with E-state index in [-0.39, 0.29) is 6.54 Å². The Morgan fingerprint density at radius 3 is 2.85 bits per heavy atom. The van der Waals surface area contributed by atoms with Crippen LogP contribution in [0.2, 0.25) is 0 Å². The van der Waals surface area contributed by atoms with Gasteiger partial charge in [-0.3, -0.25) is 4.99 Å². The average molecular weight is 316 g/mol. The summed E-state index contributed by atoms with van der Waals surface area (Å²) in [5, 5.41) is 4.64. The van der Waals surface area contributed by atoms with Gasteiger partial charge >= 0.3 is 0 Å². The minimum Gasteiger partial charge on any atom is -0.370 e. The number of rotatable bonds is 7. The van der Waals surface area contributed by atoms with E-state index in [4.69, 9.17) is 5.73 Å². The topological polar surface area (TPSA) is 96.6 Å². The third-order valence-corrected chi connectivity index (χ3v) is 6.09. The number of nitrogens with zero attached hydrogens (tertiary/aromatic N) is 1. The fourth-order valence-corrected chi connectivity index (χ4v) is 3.89. The molecule has 1 aromatic rings. The molecular weight excluding hydrogens is 296 g/mol. The lowest BCUT2D eigenvalue weighted by Gasteiger charge is -2.23. The van der Waals surface area contributed by atoms with E-state index in [1.807, 2.05) is 0 Å². The van der Waals surface area contributed by atoms with Gasteiger partial charge < -0.3 is 11.1 Å². The summed E-state index contributed by atoms with van der Waals surface area (Å²) in [6.45, 7) is 1.46. The molecule has 0 amide bonds. The SMILES string of the molecule is NC(=NCC1CCC1)NCCNS(=O)(=O)c1cccs1. The third kappa shape index (κ3) is 4.46. The van der Waals surface area contributed by atoms with Crippen molar-refractivity contribution in [2.24, 2.45) is 16.6 Å². The Labute approximate surface area is 123 Å². The Balaban J connectivity index is 1.65. The first-order valence-corrected chi connectivity index (χ1v) is 9.01. The molecule has 1 aliphatic carbocycles. The van der Waals surface area contributed by atoms with Crippen molar-refractivity contribution in [2.75, 3.05) is 19.6 Å². The van der Waals surface area contributed by atoms with E-state index in [0.717, 1.165) is 6.54 Å². The summed E-state index contributed by atoms with van der Waals surface area (Å²) in [4.78, 5) is 4.24. The number of aliphatic imine (C=N–C) groups is 1. The molecular formula is C12H20N4O2S2. The lowest BCUT2D eigenvalue weighted by molar-refractivity contribution is 0.326. The van der Waals surface area contributed by atoms with Gasteiger partial charge in [0.05, 0.1) is 0 Å². The minimum absolute atomic E-state index is 0.278. The minimum atomic E-state index is -3.39. The quantitative estimate of drug-likeness (QED) is 0.392. The van der Waals surface area contributed by atoms with Crippen molar-refractivity contribution in [3.05, 3.63) is 17.5 Å². The van der Waals surface area contributed by atoms with Crippen LogP contribution in [0.5, 0.6) is 0 Å². The van der Waals surface area contributed by atoms with Crippen LogP contribution >= 0.6 is 11.3 Å². The molecule has 1 aliphatic rings. The van der Waals surface area contributed by atoms with Crippen LogP contribution in [-0.4, -0.2) is 34.0 Å². The van der Waals surface area contributed by atoms with Gasteiger partial charge in [0.25, 0.3) is 0 Å². The largest absolute Gasteiger partial charge is 0.370 e. The smallest absolute Gasteiger partial charge is 0.250 e. The Morgan fingerprint density at radius 1 is 1.45 bits per heavy atom. The zero-order chi connectivity index (χ0) is 14.4. The van der Waals surface area contributed by atoms with Crippen LogP contribution in [-0.2, 0) is 10.0 Å². The monoisotopic (exact) mass is 316 g/mol. The van der Waals surface area contributed by atoms with Crippen LogP contribution in [0.4, 0.5) is 0 Å². The van der Waals surface area contributed by atoms with Crippen LogP contribution in [0.1, 0.15) is 19.3 Å². The lowest BCUT2D eigenvalue weighted by Crippen LogP contribution is -2.38. The number of thiophene rings is 1. The summed E-state index contributed by atoms with van der Waals surface area (Å²) < 4.78 is 26.5. The second-order valence-electron chi connectivity index (χ2n) is 4.78. The molecule has 0 radical (unpaired) electrons. The lowest BCUT2D eigenvalue weighted by atomic mass is 9.86. The first kappa shape index (κ1) is 15.3. The summed E-state index contributed by atoms with van der Waals surface area (Å²) in [5.41, 5.74) is 5.71. The van der Waals surface area contributed by atoms with Gasteiger partial charge in [-0.25, -0.2) is 13.1 Å². The van der Waals surface area contributed by atoms with Crippen molar-refractivity contribution in [3.8, 4) is 0 Å². The molecule has 1 fully saturated rings. The second kappa shape index (κ2) is 7.05. The fraction of sp³-hybridized carbons (Fsp3) is 0.583. The molecule has 0 spiro atoms. The molecule has 0 aromatic carbocycles. The molecule has 4 N–H and O–H groups in total. The van der Waals surface area contributed by atoms with E-state index in [1.165, 1.54) is 30.6 Å². The van der Waals surface area contributed by atoms with Crippen LogP contribution in [0, 0.1) is 5.92 Å². The summed E-state index contributed by atoms with van der Waals surface area (Å²) in [6.07, 6.45) is 3.76. The molecule has 1 heterocycles. The maximum absolute atomic E-state index is 11.8. The highest BCUT2D eigenvalue weighted by Crippen LogP contribution is 2.26. The molecule has 20 heavy (non-hydrogen) atoms. The maximum Gasteiger partial charge on any atom is 0.250 e. The predicted molar refractivity (Wildman–Crippen MR) is 81.3 cm³/mol. The van der Waals surface area contributed by atoms with Gasteiger partial charge in [-0.05, 0) is 30.2 Å². The fourth-order valence-electron chi connectivity index (χ4n) is 1.82. The number of guanidine groups is 1. The average Bonchev–Trinajstić information content (AvgIpc) is 2.87. The molecule has 0 unspecified atom stereocenters. The van der Waals surface area contributed by atoms with Crippen molar-refractivity contribution in [1.29, 1.82) is 0 Å². The number of hydrogen-bond donors (Lipinski definition) is 3. The van der Waals surface area contributed by atoms with Gasteiger partial charge in [0.2, 0.25) is 10.0 Å². The summed E-state index contributed by atoms with van der Waals surface area (Å²) in [6, 6.07) is 3.29. The Hall–Kier alpha value is -1.12. The molecule has 1 saturated carbocycles. The maximum atomic E-state index is 11.8. The van der Waals surface area contributed by atoms with Gasteiger partial charge in [0, 0.05) is 19.6 Å². The molecule has 8 heteroatoms. The highest BCUT2D eigenvalue weighted by Gasteiger charge is 2.16. The van der Waals surface area contributed by atoms with Crippen molar-refractivity contribution < 1.29 is 8.42 Å². The molecule has 0 atom stereocenters. The van der Waals surface area contributed by atoms with Crippen molar-refractivity contribution in [2.45, 2.75) is 23.5 Å². The predicted octanol–water partition coefficient (Wildman–Crippen LogP) is 0.731. The van der Waals surface area contributed by atoms with Gasteiger partial charge in [0.15, 0.2) is 5.96 Å². The number of hydrogen-bond acceptors (Lipinski definition) is 4. The molecule has 6 nitrogen and oxygen atoms in total. The van der Waals surface area contributed by atoms with Crippen LogP contribution in [0.15, 0.2) is 26.7 Å². The summed E-state index contributed by atoms with van der Waals surface area (Å²) in [5.74, 6) is 1.06. The van der Waals surface area contributed by atoms with Crippen molar-refractivity contribution in [3.63, 3.8) is 0 Å². The summed E-state index contributed by atoms with van der Waals surface area (Å²) >= 11 is 1.20. The second-order valence-corrected chi connectivity index (χ2v) is 7.72. The van der Waals surface area contributed by atoms with E-state index in [1.54, 1.807) is 17.5 Å². The van der Waals surface area contributed by atoms with E-state index in [9.17, 15) is 8.42 Å². The zero-order valence-electron chi connectivity index (χ0n) is 11.2. The van der Waals surface area contributed by atoms with Crippen LogP contribution < -0.4 is 15.8 Å². The third-order valence-electron chi connectivity index (χ3n) is 3.23. The Kier molecular flexibility index (Phi) is 5.38. The molecule has 0 bridgehead atoms. The van der Waals surface area contributed by atoms with E-state index >= 15 is 0 Å². The Bertz CT molecular complexity index is 536. The zero-order valence-corrected chi connectivity index (χ0v) is 12.8. The summed E-state index contributed by atoms with van der Waals surface area (Å²) in [7, 11) is -3.39. The van der Waals surface area contributed by atoms with Crippen LogP contribution in [0.3, 0.4) is 0 Å². The van der Waals surface area contributed by atoms with E-state index in [2.05, 4.69) is 15.0 Å². The number of nitrogens with two attached hydrogens (primary N) is 1. The molecule has 0 aliphatic heterocycles. The van der Waals surface area contributed by atoms with Crippen molar-refractivity contribution >= 4 is 27.3 Å². The molecule has 1 aromatic heterocycles. The first-order valence-electron chi connectivity index (χ1n) is 6.65. The Morgan fingerprint density at radius 2 is 2.25 bits per heavy atom. The number of sulfonamides is 1. The molecule has 112 valence electrons. The van der Waals surface area contributed by atoms with Crippen molar-refractivity contribution in [1.82, 2.24) is 10.0 Å². The highest BCUT2D eigenvalue weighted by molar-refractivity contribution is 7.91. The number of nitrogens with one attached hydrogen (secondary N) is 2. The van der Waals surface area contributed by atoms with Gasteiger partial charge in [0.1, 0.15) is 4.21 Å². The normalized spacial score (nSPS) is 16.9. The van der Waals surface area contributed by atoms with Crippen LogP contribution in [0.25, 0.3) is 0 Å². The van der Waals surface area contributed by atoms with Gasteiger partial charge in [-0.15, -0.1) is 11.3 Å². The van der Waals surface area contributed by atoms with Gasteiger partial charge in [-0.2, -0.15) is 0 Å².